The number of aliphatic hydroxyl groups excluding tert-OH is 1. The van der Waals surface area contributed by atoms with Crippen LogP contribution in [0.1, 0.15) is 24.0 Å². The van der Waals surface area contributed by atoms with Crippen molar-refractivity contribution >= 4 is 27.9 Å². The average Bonchev–Trinajstić information content (AvgIpc) is 2.46. The first-order chi connectivity index (χ1) is 9.60. The second kappa shape index (κ2) is 7.04. The van der Waals surface area contributed by atoms with E-state index in [1.54, 1.807) is 6.08 Å². The van der Waals surface area contributed by atoms with Crippen LogP contribution in [0.4, 0.5) is 0 Å². The first-order valence-corrected chi connectivity index (χ1v) is 7.73. The summed E-state index contributed by atoms with van der Waals surface area (Å²) in [6.07, 6.45) is 5.44. The van der Waals surface area contributed by atoms with E-state index >= 15 is 0 Å². The molecule has 1 amide bonds. The van der Waals surface area contributed by atoms with Crippen LogP contribution in [0.3, 0.4) is 0 Å². The van der Waals surface area contributed by atoms with E-state index in [-0.39, 0.29) is 18.4 Å². The van der Waals surface area contributed by atoms with Crippen LogP contribution in [0.5, 0.6) is 0 Å². The van der Waals surface area contributed by atoms with E-state index in [0.717, 1.165) is 29.4 Å². The van der Waals surface area contributed by atoms with E-state index in [4.69, 9.17) is 0 Å². The van der Waals surface area contributed by atoms with Crippen molar-refractivity contribution in [1.82, 2.24) is 4.90 Å². The topological polar surface area (TPSA) is 40.5 Å². The molecule has 1 aromatic carbocycles. The average molecular weight is 338 g/mol. The molecule has 108 valence electrons. The van der Waals surface area contributed by atoms with Gasteiger partial charge in [0.25, 0.3) is 0 Å². The second-order valence-corrected chi connectivity index (χ2v) is 6.19. The number of aryl methyl sites for hydroxylation is 1. The monoisotopic (exact) mass is 337 g/mol. The maximum Gasteiger partial charge on any atom is 0.246 e. The lowest BCUT2D eigenvalue weighted by Crippen LogP contribution is -2.40. The molecule has 1 atom stereocenters. The molecule has 1 fully saturated rings. The normalized spacial score (nSPS) is 19.6. The predicted octanol–water partition coefficient (Wildman–Crippen LogP) is 3.00. The minimum absolute atomic E-state index is 0.0237. The fraction of sp³-hybridized carbons (Fsp3) is 0.438. The highest BCUT2D eigenvalue weighted by Gasteiger charge is 2.21. The molecule has 1 unspecified atom stereocenters. The summed E-state index contributed by atoms with van der Waals surface area (Å²) in [5, 5.41) is 9.20. The molecule has 0 aliphatic carbocycles. The summed E-state index contributed by atoms with van der Waals surface area (Å²) in [5.74, 6) is 0.253. The molecule has 1 N–H and O–H groups in total. The van der Waals surface area contributed by atoms with Crippen LogP contribution in [0.25, 0.3) is 6.08 Å². The van der Waals surface area contributed by atoms with Crippen LogP contribution >= 0.6 is 15.9 Å². The highest BCUT2D eigenvalue weighted by molar-refractivity contribution is 9.10. The molecule has 0 bridgehead atoms. The summed E-state index contributed by atoms with van der Waals surface area (Å²) < 4.78 is 0.994. The number of carbonyl (C=O) groups is 1. The minimum atomic E-state index is 0.0237. The molecule has 1 saturated heterocycles. The number of halogens is 1. The third-order valence-corrected chi connectivity index (χ3v) is 4.34. The molecule has 1 aliphatic heterocycles. The molecule has 0 saturated carbocycles. The quantitative estimate of drug-likeness (QED) is 0.861. The molecule has 0 aromatic heterocycles. The van der Waals surface area contributed by atoms with Crippen molar-refractivity contribution in [2.24, 2.45) is 5.92 Å². The van der Waals surface area contributed by atoms with E-state index in [1.165, 1.54) is 5.56 Å². The molecule has 1 heterocycles. The van der Waals surface area contributed by atoms with Gasteiger partial charge >= 0.3 is 0 Å². The SMILES string of the molecule is Cc1ccc(/C=C/C(=O)N2CCCC(CO)C2)c(Br)c1. The fourth-order valence-electron chi connectivity index (χ4n) is 2.45. The maximum atomic E-state index is 12.2. The molecule has 0 radical (unpaired) electrons. The molecular weight excluding hydrogens is 318 g/mol. The van der Waals surface area contributed by atoms with Gasteiger partial charge < -0.3 is 10.0 Å². The van der Waals surface area contributed by atoms with Gasteiger partial charge in [0, 0.05) is 30.2 Å². The third-order valence-electron chi connectivity index (χ3n) is 3.65. The zero-order chi connectivity index (χ0) is 14.5. The van der Waals surface area contributed by atoms with Gasteiger partial charge in [0.2, 0.25) is 5.91 Å². The largest absolute Gasteiger partial charge is 0.396 e. The van der Waals surface area contributed by atoms with Crippen LogP contribution in [0, 0.1) is 12.8 Å². The lowest BCUT2D eigenvalue weighted by Gasteiger charge is -2.31. The van der Waals surface area contributed by atoms with Gasteiger partial charge in [-0.1, -0.05) is 28.1 Å². The Balaban J connectivity index is 2.01. The van der Waals surface area contributed by atoms with Gasteiger partial charge in [0.05, 0.1) is 0 Å². The maximum absolute atomic E-state index is 12.2. The highest BCUT2D eigenvalue weighted by atomic mass is 79.9. The van der Waals surface area contributed by atoms with Gasteiger partial charge in [-0.05, 0) is 49.0 Å². The Morgan fingerprint density at radius 3 is 3.05 bits per heavy atom. The summed E-state index contributed by atoms with van der Waals surface area (Å²) in [6, 6.07) is 6.06. The molecule has 1 aliphatic rings. The van der Waals surface area contributed by atoms with E-state index in [9.17, 15) is 9.90 Å². The summed E-state index contributed by atoms with van der Waals surface area (Å²) in [6.45, 7) is 3.65. The van der Waals surface area contributed by atoms with Crippen molar-refractivity contribution in [1.29, 1.82) is 0 Å². The predicted molar refractivity (Wildman–Crippen MR) is 84.3 cm³/mol. The van der Waals surface area contributed by atoms with Crippen LogP contribution in [-0.4, -0.2) is 35.6 Å². The number of rotatable bonds is 3. The standard InChI is InChI=1S/C16H20BrNO2/c1-12-4-5-14(15(17)9-12)6-7-16(20)18-8-2-3-13(10-18)11-19/h4-7,9,13,19H,2-3,8,10-11H2,1H3/b7-6+. The number of benzene rings is 1. The van der Waals surface area contributed by atoms with E-state index in [1.807, 2.05) is 36.1 Å². The second-order valence-electron chi connectivity index (χ2n) is 5.33. The number of hydrogen-bond acceptors (Lipinski definition) is 2. The number of likely N-dealkylation sites (tertiary alicyclic amines) is 1. The van der Waals surface area contributed by atoms with Gasteiger partial charge in [-0.15, -0.1) is 0 Å². The Hall–Kier alpha value is -1.13. The number of hydrogen-bond donors (Lipinski definition) is 1. The molecule has 20 heavy (non-hydrogen) atoms. The van der Waals surface area contributed by atoms with Crippen molar-refractivity contribution in [2.45, 2.75) is 19.8 Å². The lowest BCUT2D eigenvalue weighted by atomic mass is 9.99. The van der Waals surface area contributed by atoms with Crippen molar-refractivity contribution in [3.05, 3.63) is 39.9 Å². The van der Waals surface area contributed by atoms with Crippen LogP contribution < -0.4 is 0 Å². The van der Waals surface area contributed by atoms with E-state index < -0.39 is 0 Å². The highest BCUT2D eigenvalue weighted by Crippen LogP contribution is 2.20. The van der Waals surface area contributed by atoms with E-state index in [0.29, 0.717) is 6.54 Å². The number of aliphatic hydroxyl groups is 1. The Morgan fingerprint density at radius 2 is 2.35 bits per heavy atom. The zero-order valence-corrected chi connectivity index (χ0v) is 13.3. The number of carbonyl (C=O) groups excluding carboxylic acids is 1. The van der Waals surface area contributed by atoms with Crippen LogP contribution in [0.15, 0.2) is 28.7 Å². The van der Waals surface area contributed by atoms with Crippen molar-refractivity contribution in [2.75, 3.05) is 19.7 Å². The van der Waals surface area contributed by atoms with Crippen LogP contribution in [0.2, 0.25) is 0 Å². The van der Waals surface area contributed by atoms with Crippen molar-refractivity contribution in [3.63, 3.8) is 0 Å². The van der Waals surface area contributed by atoms with E-state index in [2.05, 4.69) is 15.9 Å². The van der Waals surface area contributed by atoms with Crippen molar-refractivity contribution < 1.29 is 9.90 Å². The zero-order valence-electron chi connectivity index (χ0n) is 11.7. The number of piperidine rings is 1. The Kier molecular flexibility index (Phi) is 5.38. The molecule has 4 heteroatoms. The molecule has 0 spiro atoms. The van der Waals surface area contributed by atoms with Gasteiger partial charge in [-0.2, -0.15) is 0 Å². The summed E-state index contributed by atoms with van der Waals surface area (Å²) in [4.78, 5) is 14.0. The van der Waals surface area contributed by atoms with Gasteiger partial charge in [-0.25, -0.2) is 0 Å². The van der Waals surface area contributed by atoms with Crippen LogP contribution in [-0.2, 0) is 4.79 Å². The molecule has 2 rings (SSSR count). The Morgan fingerprint density at radius 1 is 1.55 bits per heavy atom. The Bertz CT molecular complexity index is 513. The number of amides is 1. The van der Waals surface area contributed by atoms with Gasteiger partial charge in [-0.3, -0.25) is 4.79 Å². The first-order valence-electron chi connectivity index (χ1n) is 6.94. The molecular formula is C16H20BrNO2. The third kappa shape index (κ3) is 3.93. The Labute approximate surface area is 128 Å². The summed E-state index contributed by atoms with van der Waals surface area (Å²) in [5.41, 5.74) is 2.18. The lowest BCUT2D eigenvalue weighted by molar-refractivity contribution is -0.127. The number of nitrogens with zero attached hydrogens (tertiary/aromatic N) is 1. The summed E-state index contributed by atoms with van der Waals surface area (Å²) in [7, 11) is 0. The smallest absolute Gasteiger partial charge is 0.246 e. The summed E-state index contributed by atoms with van der Waals surface area (Å²) >= 11 is 3.50. The van der Waals surface area contributed by atoms with Gasteiger partial charge in [0.15, 0.2) is 0 Å². The van der Waals surface area contributed by atoms with Crippen molar-refractivity contribution in [3.8, 4) is 0 Å². The molecule has 1 aromatic rings. The first kappa shape index (κ1) is 15.3. The van der Waals surface area contributed by atoms with Gasteiger partial charge in [0.1, 0.15) is 0 Å². The molecule has 3 nitrogen and oxygen atoms in total. The fourth-order valence-corrected chi connectivity index (χ4v) is 3.07. The minimum Gasteiger partial charge on any atom is -0.396 e.